The molecule has 0 radical (unpaired) electrons. The first-order chi connectivity index (χ1) is 13.7. The molecule has 140 valence electrons. The number of rotatable bonds is 5. The lowest BCUT2D eigenvalue weighted by atomic mass is 10.2. The van der Waals surface area contributed by atoms with Gasteiger partial charge in [-0.05, 0) is 44.0 Å². The molecule has 6 heteroatoms. The van der Waals surface area contributed by atoms with E-state index in [4.69, 9.17) is 9.72 Å². The van der Waals surface area contributed by atoms with Gasteiger partial charge in [0.2, 0.25) is 0 Å². The molecular weight excluding hydrogens is 352 g/mol. The fourth-order valence-electron chi connectivity index (χ4n) is 3.47. The van der Waals surface area contributed by atoms with Crippen LogP contribution in [0.1, 0.15) is 35.7 Å². The molecule has 28 heavy (non-hydrogen) atoms. The zero-order chi connectivity index (χ0) is 19.1. The zero-order valence-electron chi connectivity index (χ0n) is 15.6. The molecule has 0 aliphatic heterocycles. The number of hydrogen-bond donors (Lipinski definition) is 0. The molecular formula is C22H20N4O2. The van der Waals surface area contributed by atoms with Gasteiger partial charge in [0, 0.05) is 48.0 Å². The van der Waals surface area contributed by atoms with Gasteiger partial charge in [0.25, 0.3) is 5.56 Å². The van der Waals surface area contributed by atoms with Crippen LogP contribution in [0.2, 0.25) is 0 Å². The maximum Gasteiger partial charge on any atom is 0.258 e. The van der Waals surface area contributed by atoms with E-state index < -0.39 is 0 Å². The van der Waals surface area contributed by atoms with Gasteiger partial charge in [0.05, 0.1) is 11.4 Å². The van der Waals surface area contributed by atoms with Gasteiger partial charge in [-0.2, -0.15) is 0 Å². The Bertz CT molecular complexity index is 1210. The number of aromatic nitrogens is 4. The second-order valence-corrected chi connectivity index (χ2v) is 7.19. The lowest BCUT2D eigenvalue weighted by Crippen LogP contribution is -2.17. The summed E-state index contributed by atoms with van der Waals surface area (Å²) in [6, 6.07) is 11.0. The molecule has 1 fully saturated rings. The molecule has 6 nitrogen and oxygen atoms in total. The van der Waals surface area contributed by atoms with Gasteiger partial charge in [0.15, 0.2) is 0 Å². The van der Waals surface area contributed by atoms with Gasteiger partial charge in [-0.15, -0.1) is 0 Å². The van der Waals surface area contributed by atoms with Crippen LogP contribution in [-0.4, -0.2) is 18.9 Å². The number of fused-ring (bicyclic) bond motifs is 1. The quantitative estimate of drug-likeness (QED) is 0.537. The molecule has 1 aliphatic carbocycles. The van der Waals surface area contributed by atoms with Crippen molar-refractivity contribution < 1.29 is 4.74 Å². The first kappa shape index (κ1) is 16.7. The van der Waals surface area contributed by atoms with Gasteiger partial charge < -0.3 is 9.14 Å². The Balaban J connectivity index is 1.43. The lowest BCUT2D eigenvalue weighted by molar-refractivity contribution is 0.305. The van der Waals surface area contributed by atoms with Crippen molar-refractivity contribution in [1.82, 2.24) is 18.9 Å². The molecule has 0 spiro atoms. The predicted molar refractivity (Wildman–Crippen MR) is 106 cm³/mol. The molecule has 0 saturated heterocycles. The van der Waals surface area contributed by atoms with Gasteiger partial charge in [-0.1, -0.05) is 6.07 Å². The van der Waals surface area contributed by atoms with Crippen molar-refractivity contribution in [1.29, 1.82) is 0 Å². The predicted octanol–water partition coefficient (Wildman–Crippen LogP) is 3.65. The van der Waals surface area contributed by atoms with Crippen molar-refractivity contribution in [3.63, 3.8) is 0 Å². The summed E-state index contributed by atoms with van der Waals surface area (Å²) in [5.74, 6) is 1.14. The molecule has 4 aromatic rings. The molecule has 0 amide bonds. The summed E-state index contributed by atoms with van der Waals surface area (Å²) in [5, 5.41) is 0. The number of imidazole rings is 1. The standard InChI is InChI=1S/C22H20N4O2/c1-15-22(17-4-5-17)24-20-7-6-18(13-26(15)20)25-10-8-19(11-21(25)27)28-14-16-3-2-9-23-12-16/h2-3,6-13,17H,4-5,14H2,1H3. The van der Waals surface area contributed by atoms with Crippen LogP contribution >= 0.6 is 0 Å². The number of hydrogen-bond acceptors (Lipinski definition) is 4. The van der Waals surface area contributed by atoms with E-state index in [0.717, 1.165) is 22.6 Å². The average molecular weight is 372 g/mol. The Kier molecular flexibility index (Phi) is 3.97. The number of nitrogens with zero attached hydrogens (tertiary/aromatic N) is 4. The molecule has 0 aromatic carbocycles. The van der Waals surface area contributed by atoms with E-state index >= 15 is 0 Å². The normalized spacial score (nSPS) is 13.8. The summed E-state index contributed by atoms with van der Waals surface area (Å²) in [6.07, 6.45) is 9.63. The van der Waals surface area contributed by atoms with E-state index in [1.54, 1.807) is 29.2 Å². The molecule has 0 atom stereocenters. The molecule has 5 rings (SSSR count). The van der Waals surface area contributed by atoms with Crippen molar-refractivity contribution in [3.8, 4) is 11.4 Å². The van der Waals surface area contributed by atoms with Crippen molar-refractivity contribution in [2.75, 3.05) is 0 Å². The van der Waals surface area contributed by atoms with Crippen molar-refractivity contribution in [2.45, 2.75) is 32.3 Å². The number of aryl methyl sites for hydroxylation is 1. The van der Waals surface area contributed by atoms with Crippen LogP contribution in [-0.2, 0) is 6.61 Å². The summed E-state index contributed by atoms with van der Waals surface area (Å²) in [7, 11) is 0. The van der Waals surface area contributed by atoms with Crippen molar-refractivity contribution >= 4 is 5.65 Å². The Morgan fingerprint density at radius 1 is 1.21 bits per heavy atom. The highest BCUT2D eigenvalue weighted by atomic mass is 16.5. The van der Waals surface area contributed by atoms with Crippen molar-refractivity contribution in [2.24, 2.45) is 0 Å². The fourth-order valence-corrected chi connectivity index (χ4v) is 3.47. The molecule has 1 saturated carbocycles. The van der Waals surface area contributed by atoms with Crippen LogP contribution in [0.3, 0.4) is 0 Å². The zero-order valence-corrected chi connectivity index (χ0v) is 15.6. The smallest absolute Gasteiger partial charge is 0.258 e. The van der Waals surface area contributed by atoms with Gasteiger partial charge >= 0.3 is 0 Å². The van der Waals surface area contributed by atoms with Gasteiger partial charge in [-0.3, -0.25) is 14.3 Å². The maximum absolute atomic E-state index is 12.6. The minimum atomic E-state index is -0.136. The van der Waals surface area contributed by atoms with E-state index in [9.17, 15) is 4.79 Å². The second kappa shape index (κ2) is 6.64. The first-order valence-corrected chi connectivity index (χ1v) is 9.42. The summed E-state index contributed by atoms with van der Waals surface area (Å²) in [4.78, 5) is 21.5. The molecule has 0 N–H and O–H groups in total. The third kappa shape index (κ3) is 3.07. The molecule has 4 heterocycles. The van der Waals surface area contributed by atoms with Crippen LogP contribution in [0.25, 0.3) is 11.3 Å². The van der Waals surface area contributed by atoms with Crippen LogP contribution < -0.4 is 10.3 Å². The largest absolute Gasteiger partial charge is 0.489 e. The first-order valence-electron chi connectivity index (χ1n) is 9.42. The van der Waals surface area contributed by atoms with Crippen LogP contribution in [0, 0.1) is 6.92 Å². The Morgan fingerprint density at radius 3 is 2.86 bits per heavy atom. The molecule has 0 unspecified atom stereocenters. The topological polar surface area (TPSA) is 61.4 Å². The van der Waals surface area contributed by atoms with Crippen LogP contribution in [0.15, 0.2) is 66.0 Å². The second-order valence-electron chi connectivity index (χ2n) is 7.19. The monoisotopic (exact) mass is 372 g/mol. The van der Waals surface area contributed by atoms with E-state index in [2.05, 4.69) is 16.3 Å². The molecule has 4 aromatic heterocycles. The Labute approximate surface area is 162 Å². The van der Waals surface area contributed by atoms with Crippen LogP contribution in [0.4, 0.5) is 0 Å². The van der Waals surface area contributed by atoms with Crippen molar-refractivity contribution in [3.05, 3.63) is 88.5 Å². The van der Waals surface area contributed by atoms with Crippen LogP contribution in [0.5, 0.6) is 5.75 Å². The summed E-state index contributed by atoms with van der Waals surface area (Å²) >= 11 is 0. The lowest BCUT2D eigenvalue weighted by Gasteiger charge is -2.09. The fraction of sp³-hybridized carbons (Fsp3) is 0.227. The highest BCUT2D eigenvalue weighted by molar-refractivity contribution is 5.49. The van der Waals surface area contributed by atoms with Gasteiger partial charge in [0.1, 0.15) is 18.0 Å². The third-order valence-electron chi connectivity index (χ3n) is 5.14. The van der Waals surface area contributed by atoms with E-state index in [1.165, 1.54) is 24.6 Å². The molecule has 1 aliphatic rings. The number of pyridine rings is 3. The maximum atomic E-state index is 12.6. The summed E-state index contributed by atoms with van der Waals surface area (Å²) < 4.78 is 9.41. The highest BCUT2D eigenvalue weighted by Crippen LogP contribution is 2.41. The Morgan fingerprint density at radius 2 is 2.11 bits per heavy atom. The third-order valence-corrected chi connectivity index (χ3v) is 5.14. The van der Waals surface area contributed by atoms with E-state index in [1.807, 2.05) is 30.5 Å². The highest BCUT2D eigenvalue weighted by Gasteiger charge is 2.28. The SMILES string of the molecule is Cc1c(C2CC2)nc2ccc(-n3ccc(OCc4cccnc4)cc3=O)cn12. The van der Waals surface area contributed by atoms with Gasteiger partial charge in [-0.25, -0.2) is 4.98 Å². The summed E-state index contributed by atoms with van der Waals surface area (Å²) in [5.41, 5.74) is 4.89. The van der Waals surface area contributed by atoms with E-state index in [0.29, 0.717) is 18.3 Å². The van der Waals surface area contributed by atoms with E-state index in [-0.39, 0.29) is 5.56 Å². The molecule has 0 bridgehead atoms. The Hall–Kier alpha value is -3.41. The average Bonchev–Trinajstić information content (AvgIpc) is 3.51. The minimum Gasteiger partial charge on any atom is -0.489 e. The summed E-state index contributed by atoms with van der Waals surface area (Å²) in [6.45, 7) is 2.47. The number of ether oxygens (including phenoxy) is 1. The minimum absolute atomic E-state index is 0.136.